The Hall–Kier alpha value is -1.61. The average molecular weight is 304 g/mol. The summed E-state index contributed by atoms with van der Waals surface area (Å²) in [6.45, 7) is 3.93. The Morgan fingerprint density at radius 3 is 2.71 bits per heavy atom. The molecule has 0 saturated heterocycles. The highest BCUT2D eigenvalue weighted by molar-refractivity contribution is 6.30. The Balaban J connectivity index is 1.75. The van der Waals surface area contributed by atoms with Crippen LogP contribution in [0.1, 0.15) is 38.7 Å². The monoisotopic (exact) mass is 303 g/mol. The lowest BCUT2D eigenvalue weighted by Gasteiger charge is -2.32. The minimum Gasteiger partial charge on any atom is -0.389 e. The molecule has 0 N–H and O–H groups in total. The fraction of sp³-hybridized carbons (Fsp3) is 0.412. The second kappa shape index (κ2) is 5.30. The summed E-state index contributed by atoms with van der Waals surface area (Å²) in [6.07, 6.45) is 4.16. The van der Waals surface area contributed by atoms with E-state index in [1.54, 1.807) is 0 Å². The van der Waals surface area contributed by atoms with E-state index in [0.29, 0.717) is 11.4 Å². The molecular weight excluding hydrogens is 286 g/mol. The first-order valence-corrected chi connectivity index (χ1v) is 7.57. The molecule has 0 unspecified atom stereocenters. The van der Waals surface area contributed by atoms with Gasteiger partial charge in [0, 0.05) is 23.8 Å². The number of Topliss-reactive ketones (excluding diaryl/α,β-unsaturated/α-hetero) is 1. The summed E-state index contributed by atoms with van der Waals surface area (Å²) >= 11 is 5.91. The lowest BCUT2D eigenvalue weighted by atomic mass is 9.75. The predicted octanol–water partition coefficient (Wildman–Crippen LogP) is 4.15. The predicted molar refractivity (Wildman–Crippen MR) is 83.6 cm³/mol. The molecule has 0 saturated carbocycles. The minimum absolute atomic E-state index is 0.183. The van der Waals surface area contributed by atoms with E-state index in [4.69, 9.17) is 16.4 Å². The molecule has 21 heavy (non-hydrogen) atoms. The Morgan fingerprint density at radius 2 is 2.05 bits per heavy atom. The number of rotatable bonds is 2. The molecule has 0 radical (unpaired) electrons. The third-order valence-corrected chi connectivity index (χ3v) is 4.76. The average Bonchev–Trinajstić information content (AvgIpc) is 2.86. The number of benzene rings is 1. The van der Waals surface area contributed by atoms with Crippen molar-refractivity contribution in [1.29, 1.82) is 0 Å². The van der Waals surface area contributed by atoms with Gasteiger partial charge < -0.3 is 4.84 Å². The number of hydrogen-bond donors (Lipinski definition) is 0. The molecule has 1 aliphatic heterocycles. The first-order chi connectivity index (χ1) is 9.98. The van der Waals surface area contributed by atoms with Crippen LogP contribution in [-0.2, 0) is 9.63 Å². The molecule has 0 amide bonds. The van der Waals surface area contributed by atoms with Gasteiger partial charge in [-0.25, -0.2) is 0 Å². The van der Waals surface area contributed by atoms with Gasteiger partial charge in [0.05, 0.1) is 5.71 Å². The Bertz CT molecular complexity index is 633. The topological polar surface area (TPSA) is 38.7 Å². The van der Waals surface area contributed by atoms with E-state index in [0.717, 1.165) is 29.7 Å². The molecule has 1 aliphatic carbocycles. The van der Waals surface area contributed by atoms with Gasteiger partial charge in [-0.1, -0.05) is 35.0 Å². The number of oxime groups is 1. The number of allylic oxidation sites excluding steroid dienone is 2. The Labute approximate surface area is 129 Å². The zero-order valence-corrected chi connectivity index (χ0v) is 13.0. The number of carbonyl (C=O) groups excluding carboxylic acids is 1. The number of ketones is 1. The highest BCUT2D eigenvalue weighted by Gasteiger charge is 2.43. The maximum Gasteiger partial charge on any atom is 0.158 e. The van der Waals surface area contributed by atoms with Gasteiger partial charge in [-0.15, -0.1) is 0 Å². The van der Waals surface area contributed by atoms with Crippen molar-refractivity contribution in [2.24, 2.45) is 11.1 Å². The first kappa shape index (κ1) is 14.3. The molecule has 110 valence electrons. The molecular formula is C17H18ClNO2. The van der Waals surface area contributed by atoms with E-state index < -0.39 is 5.60 Å². The van der Waals surface area contributed by atoms with Gasteiger partial charge in [0.2, 0.25) is 0 Å². The number of nitrogens with zero attached hydrogens (tertiary/aromatic N) is 1. The fourth-order valence-electron chi connectivity index (χ4n) is 2.94. The zero-order valence-electron chi connectivity index (χ0n) is 12.2. The summed E-state index contributed by atoms with van der Waals surface area (Å²) < 4.78 is 0. The van der Waals surface area contributed by atoms with Gasteiger partial charge in [0.15, 0.2) is 5.78 Å². The normalized spacial score (nSPS) is 28.9. The summed E-state index contributed by atoms with van der Waals surface area (Å²) in [5.74, 6) is 0.401. The van der Waals surface area contributed by atoms with Crippen LogP contribution in [0.2, 0.25) is 5.02 Å². The van der Waals surface area contributed by atoms with Gasteiger partial charge in [0.1, 0.15) is 5.60 Å². The van der Waals surface area contributed by atoms with Gasteiger partial charge in [-0.05, 0) is 43.5 Å². The highest BCUT2D eigenvalue weighted by Crippen LogP contribution is 2.39. The van der Waals surface area contributed by atoms with Crippen LogP contribution in [0.3, 0.4) is 0 Å². The number of halogens is 1. The van der Waals surface area contributed by atoms with E-state index in [-0.39, 0.29) is 11.7 Å². The molecule has 1 aromatic carbocycles. The molecule has 1 heterocycles. The van der Waals surface area contributed by atoms with Crippen LogP contribution in [0.15, 0.2) is 41.1 Å². The van der Waals surface area contributed by atoms with Crippen LogP contribution in [0.25, 0.3) is 0 Å². The van der Waals surface area contributed by atoms with E-state index in [2.05, 4.69) is 5.16 Å². The molecule has 0 fully saturated rings. The first-order valence-electron chi connectivity index (χ1n) is 7.19. The molecule has 0 spiro atoms. The molecule has 4 heteroatoms. The van der Waals surface area contributed by atoms with Crippen LogP contribution < -0.4 is 0 Å². The van der Waals surface area contributed by atoms with Crippen LogP contribution in [-0.4, -0.2) is 17.1 Å². The minimum atomic E-state index is -0.401. The smallest absolute Gasteiger partial charge is 0.158 e. The van der Waals surface area contributed by atoms with Gasteiger partial charge in [-0.3, -0.25) is 4.79 Å². The van der Waals surface area contributed by atoms with Crippen molar-refractivity contribution in [2.75, 3.05) is 0 Å². The molecule has 0 bridgehead atoms. The molecule has 2 aliphatic rings. The quantitative estimate of drug-likeness (QED) is 0.823. The highest BCUT2D eigenvalue weighted by atomic mass is 35.5. The van der Waals surface area contributed by atoms with Crippen molar-refractivity contribution in [1.82, 2.24) is 0 Å². The molecule has 1 aromatic rings. The summed E-state index contributed by atoms with van der Waals surface area (Å²) in [4.78, 5) is 17.7. The van der Waals surface area contributed by atoms with E-state index in [1.165, 1.54) is 0 Å². The van der Waals surface area contributed by atoms with Crippen LogP contribution in [0.5, 0.6) is 0 Å². The van der Waals surface area contributed by atoms with E-state index in [9.17, 15) is 4.79 Å². The summed E-state index contributed by atoms with van der Waals surface area (Å²) in [5.41, 5.74) is 2.42. The third kappa shape index (κ3) is 2.75. The van der Waals surface area contributed by atoms with Crippen molar-refractivity contribution in [2.45, 2.75) is 38.7 Å². The lowest BCUT2D eigenvalue weighted by molar-refractivity contribution is -0.121. The van der Waals surface area contributed by atoms with Crippen LogP contribution in [0.4, 0.5) is 0 Å². The molecule has 0 aromatic heterocycles. The second-order valence-electron chi connectivity index (χ2n) is 6.07. The standard InChI is InChI=1S/C17H18ClNO2/c1-11-3-6-13(9-16(11)20)17(2)10-15(19-21-17)12-4-7-14(18)8-5-12/h3-5,7-8,13H,6,9-10H2,1-2H3/t13-,17-/m1/s1. The SMILES string of the molecule is CC1=CC[C@@H]([C@@]2(C)CC(c3ccc(Cl)cc3)=NO2)CC1=O. The van der Waals surface area contributed by atoms with Crippen molar-refractivity contribution < 1.29 is 9.63 Å². The third-order valence-electron chi connectivity index (χ3n) is 4.50. The van der Waals surface area contributed by atoms with Crippen molar-refractivity contribution in [3.05, 3.63) is 46.5 Å². The van der Waals surface area contributed by atoms with Crippen LogP contribution in [0, 0.1) is 5.92 Å². The summed E-state index contributed by atoms with van der Waals surface area (Å²) in [5, 5.41) is 4.96. The van der Waals surface area contributed by atoms with Crippen molar-refractivity contribution in [3.8, 4) is 0 Å². The maximum atomic E-state index is 11.9. The molecule has 3 nitrogen and oxygen atoms in total. The Kier molecular flexibility index (Phi) is 3.62. The fourth-order valence-corrected chi connectivity index (χ4v) is 3.06. The number of hydrogen-bond acceptors (Lipinski definition) is 3. The summed E-state index contributed by atoms with van der Waals surface area (Å²) in [6, 6.07) is 7.61. The maximum absolute atomic E-state index is 11.9. The largest absolute Gasteiger partial charge is 0.389 e. The number of carbonyl (C=O) groups is 1. The lowest BCUT2D eigenvalue weighted by Crippen LogP contribution is -2.37. The Morgan fingerprint density at radius 1 is 1.33 bits per heavy atom. The summed E-state index contributed by atoms with van der Waals surface area (Å²) in [7, 11) is 0. The van der Waals surface area contributed by atoms with E-state index >= 15 is 0 Å². The van der Waals surface area contributed by atoms with Crippen molar-refractivity contribution in [3.63, 3.8) is 0 Å². The van der Waals surface area contributed by atoms with E-state index in [1.807, 2.05) is 44.2 Å². The van der Waals surface area contributed by atoms with Gasteiger partial charge in [0.25, 0.3) is 0 Å². The van der Waals surface area contributed by atoms with Gasteiger partial charge >= 0.3 is 0 Å². The zero-order chi connectivity index (χ0) is 15.0. The second-order valence-corrected chi connectivity index (χ2v) is 6.51. The molecule has 3 rings (SSSR count). The van der Waals surface area contributed by atoms with Crippen LogP contribution >= 0.6 is 11.6 Å². The molecule has 2 atom stereocenters. The van der Waals surface area contributed by atoms with Gasteiger partial charge in [-0.2, -0.15) is 0 Å². The van der Waals surface area contributed by atoms with Crippen molar-refractivity contribution >= 4 is 23.1 Å².